The molecule has 2 aliphatic rings. The number of carbonyl (C=O) groups is 2. The average molecular weight is 539 g/mol. The first-order valence-corrected chi connectivity index (χ1v) is 13.9. The Kier molecular flexibility index (Phi) is 8.22. The van der Waals surface area contributed by atoms with Crippen LogP contribution in [0.1, 0.15) is 41.8 Å². The maximum Gasteiger partial charge on any atom is 0.338 e. The summed E-state index contributed by atoms with van der Waals surface area (Å²) in [5.74, 6) is -0.515. The molecule has 1 amide bonds. The van der Waals surface area contributed by atoms with Gasteiger partial charge in [0, 0.05) is 36.1 Å². The van der Waals surface area contributed by atoms with Gasteiger partial charge in [-0.25, -0.2) is 9.79 Å². The molecule has 3 heterocycles. The number of aliphatic imine (C=N–C) groups is 1. The lowest BCUT2D eigenvalue weighted by atomic mass is 9.90. The molecule has 3 aromatic rings. The van der Waals surface area contributed by atoms with E-state index in [0.717, 1.165) is 33.2 Å². The van der Waals surface area contributed by atoms with E-state index >= 15 is 0 Å². The van der Waals surface area contributed by atoms with Crippen LogP contribution in [0, 0.1) is 6.92 Å². The van der Waals surface area contributed by atoms with Gasteiger partial charge in [0.15, 0.2) is 5.17 Å². The van der Waals surface area contributed by atoms with Crippen LogP contribution in [0.2, 0.25) is 0 Å². The summed E-state index contributed by atoms with van der Waals surface area (Å²) >= 11 is 1.46. The van der Waals surface area contributed by atoms with Gasteiger partial charge in [0.05, 0.1) is 30.3 Å². The number of amides is 1. The molecule has 0 spiro atoms. The Hall–Kier alpha value is -4.17. The predicted molar refractivity (Wildman–Crippen MR) is 154 cm³/mol. The zero-order chi connectivity index (χ0) is 27.2. The molecule has 2 aromatic carbocycles. The predicted octanol–water partition coefficient (Wildman–Crippen LogP) is 5.41. The van der Waals surface area contributed by atoms with E-state index in [-0.39, 0.29) is 18.9 Å². The van der Waals surface area contributed by atoms with Crippen LogP contribution in [-0.2, 0) is 20.7 Å². The number of aryl methyl sites for hydroxylation is 1. The maximum absolute atomic E-state index is 13.6. The van der Waals surface area contributed by atoms with Crippen molar-refractivity contribution >= 4 is 34.5 Å². The highest BCUT2D eigenvalue weighted by molar-refractivity contribution is 8.16. The third-order valence-corrected chi connectivity index (χ3v) is 7.37. The minimum absolute atomic E-state index is 0.0995. The zero-order valence-corrected chi connectivity index (χ0v) is 22.8. The number of nitrogens with zero attached hydrogens (tertiary/aromatic N) is 3. The van der Waals surface area contributed by atoms with E-state index in [0.29, 0.717) is 24.2 Å². The highest BCUT2D eigenvalue weighted by Gasteiger charge is 2.42. The van der Waals surface area contributed by atoms with Gasteiger partial charge in [0.25, 0.3) is 0 Å². The van der Waals surface area contributed by atoms with E-state index in [9.17, 15) is 9.59 Å². The molecule has 0 fully saturated rings. The number of rotatable bonds is 9. The van der Waals surface area contributed by atoms with Crippen LogP contribution >= 0.6 is 11.8 Å². The average Bonchev–Trinajstić information content (AvgIpc) is 3.35. The second-order valence-electron chi connectivity index (χ2n) is 9.25. The summed E-state index contributed by atoms with van der Waals surface area (Å²) in [6.45, 7) is 4.56. The van der Waals surface area contributed by atoms with E-state index < -0.39 is 12.0 Å². The molecule has 198 valence electrons. The van der Waals surface area contributed by atoms with Gasteiger partial charge in [-0.15, -0.1) is 0 Å². The van der Waals surface area contributed by atoms with E-state index in [1.165, 1.54) is 11.8 Å². The molecule has 0 aliphatic carbocycles. The molecule has 1 atom stereocenters. The first-order chi connectivity index (χ1) is 19.0. The fourth-order valence-corrected chi connectivity index (χ4v) is 5.67. The van der Waals surface area contributed by atoms with Gasteiger partial charge >= 0.3 is 5.97 Å². The minimum atomic E-state index is -0.491. The Morgan fingerprint density at radius 1 is 1.05 bits per heavy atom. The third kappa shape index (κ3) is 5.96. The van der Waals surface area contributed by atoms with Crippen molar-refractivity contribution in [3.05, 3.63) is 118 Å². The van der Waals surface area contributed by atoms with Crippen molar-refractivity contribution in [2.75, 3.05) is 13.2 Å². The molecule has 1 aromatic heterocycles. The number of hydrogen-bond acceptors (Lipinski definition) is 7. The second kappa shape index (κ2) is 12.1. The summed E-state index contributed by atoms with van der Waals surface area (Å²) < 4.78 is 5.57. The topological polar surface area (TPSA) is 83.9 Å². The van der Waals surface area contributed by atoms with Crippen LogP contribution in [0.25, 0.3) is 5.70 Å². The number of thioether (sulfide) groups is 1. The van der Waals surface area contributed by atoms with E-state index in [4.69, 9.17) is 9.73 Å². The van der Waals surface area contributed by atoms with E-state index in [1.807, 2.05) is 84.0 Å². The standard InChI is InChI=1S/C31H30N4O3S/c1-3-38-30(37)27-28(22-11-5-4-6-12-22)34-31-35(29(27)23-13-9-10-21(2)18-23)25(20-39-31)19-26(36)33-17-15-24-14-7-8-16-32-24/h4-14,16,18,20,29H,3,15,17,19H2,1-2H3,(H,33,36). The lowest BCUT2D eigenvalue weighted by Gasteiger charge is -2.37. The maximum atomic E-state index is 13.6. The highest BCUT2D eigenvalue weighted by Crippen LogP contribution is 2.47. The number of amidine groups is 1. The van der Waals surface area contributed by atoms with Crippen LogP contribution in [0.5, 0.6) is 0 Å². The number of fused-ring (bicyclic) bond motifs is 1. The lowest BCUT2D eigenvalue weighted by Crippen LogP contribution is -2.38. The Morgan fingerprint density at radius 3 is 2.62 bits per heavy atom. The van der Waals surface area contributed by atoms with Gasteiger partial charge in [0.2, 0.25) is 5.91 Å². The number of aromatic nitrogens is 1. The van der Waals surface area contributed by atoms with Gasteiger partial charge in [-0.1, -0.05) is 78.0 Å². The Balaban J connectivity index is 1.48. The number of pyridine rings is 1. The van der Waals surface area contributed by atoms with Crippen LogP contribution in [0.3, 0.4) is 0 Å². The fraction of sp³-hybridized carbons (Fsp3) is 0.226. The van der Waals surface area contributed by atoms with Gasteiger partial charge < -0.3 is 15.0 Å². The third-order valence-electron chi connectivity index (χ3n) is 6.48. The van der Waals surface area contributed by atoms with Gasteiger partial charge in [-0.3, -0.25) is 9.78 Å². The van der Waals surface area contributed by atoms with Crippen molar-refractivity contribution in [2.24, 2.45) is 4.99 Å². The van der Waals surface area contributed by atoms with Crippen molar-refractivity contribution in [3.63, 3.8) is 0 Å². The molecule has 1 N–H and O–H groups in total. The van der Waals surface area contributed by atoms with Crippen molar-refractivity contribution in [3.8, 4) is 0 Å². The molecule has 0 bridgehead atoms. The van der Waals surface area contributed by atoms with Crippen LogP contribution in [0.15, 0.2) is 101 Å². The van der Waals surface area contributed by atoms with Crippen molar-refractivity contribution in [2.45, 2.75) is 32.7 Å². The number of hydrogen-bond donors (Lipinski definition) is 1. The molecular weight excluding hydrogens is 508 g/mol. The lowest BCUT2D eigenvalue weighted by molar-refractivity contribution is -0.139. The summed E-state index contributed by atoms with van der Waals surface area (Å²) in [5, 5.41) is 5.69. The second-order valence-corrected chi connectivity index (χ2v) is 10.1. The zero-order valence-electron chi connectivity index (χ0n) is 22.0. The summed E-state index contributed by atoms with van der Waals surface area (Å²) in [6, 6.07) is 23.0. The number of nitrogens with one attached hydrogen (secondary N) is 1. The first kappa shape index (κ1) is 26.4. The van der Waals surface area contributed by atoms with Crippen molar-refractivity contribution in [1.29, 1.82) is 0 Å². The van der Waals surface area contributed by atoms with E-state index in [2.05, 4.69) is 16.4 Å². The molecule has 7 nitrogen and oxygen atoms in total. The molecule has 0 saturated carbocycles. The molecule has 0 radical (unpaired) electrons. The molecule has 0 saturated heterocycles. The van der Waals surface area contributed by atoms with Gasteiger partial charge in [-0.2, -0.15) is 0 Å². The number of ether oxygens (including phenoxy) is 1. The number of carbonyl (C=O) groups excluding carboxylic acids is 2. The quantitative estimate of drug-likeness (QED) is 0.367. The largest absolute Gasteiger partial charge is 0.463 e. The van der Waals surface area contributed by atoms with Crippen LogP contribution < -0.4 is 5.32 Å². The Bertz CT molecular complexity index is 1450. The summed E-state index contributed by atoms with van der Waals surface area (Å²) in [4.78, 5) is 37.8. The number of benzene rings is 2. The van der Waals surface area contributed by atoms with Crippen molar-refractivity contribution < 1.29 is 14.3 Å². The van der Waals surface area contributed by atoms with Crippen LogP contribution in [0.4, 0.5) is 0 Å². The summed E-state index contributed by atoms with van der Waals surface area (Å²) in [7, 11) is 0. The molecule has 8 heteroatoms. The smallest absolute Gasteiger partial charge is 0.338 e. The Labute approximate surface area is 232 Å². The molecule has 39 heavy (non-hydrogen) atoms. The molecule has 2 aliphatic heterocycles. The number of esters is 1. The monoisotopic (exact) mass is 538 g/mol. The minimum Gasteiger partial charge on any atom is -0.463 e. The molecule has 5 rings (SSSR count). The molecule has 1 unspecified atom stereocenters. The summed E-state index contributed by atoms with van der Waals surface area (Å²) in [5.41, 5.74) is 5.61. The van der Waals surface area contributed by atoms with Gasteiger partial charge in [-0.05, 0) is 37.0 Å². The van der Waals surface area contributed by atoms with E-state index in [1.54, 1.807) is 13.1 Å². The Morgan fingerprint density at radius 2 is 1.87 bits per heavy atom. The SMILES string of the molecule is CCOC(=O)C1=C(c2ccccc2)N=C2SC=C(CC(=O)NCCc3ccccn3)N2C1c1cccc(C)c1. The fourth-order valence-electron chi connectivity index (χ4n) is 4.75. The summed E-state index contributed by atoms with van der Waals surface area (Å²) in [6.07, 6.45) is 2.56. The normalized spacial score (nSPS) is 16.4. The molecular formula is C31H30N4O3S. The van der Waals surface area contributed by atoms with Crippen molar-refractivity contribution in [1.82, 2.24) is 15.2 Å². The van der Waals surface area contributed by atoms with Gasteiger partial charge in [0.1, 0.15) is 0 Å². The first-order valence-electron chi connectivity index (χ1n) is 13.0. The van der Waals surface area contributed by atoms with Crippen LogP contribution in [-0.4, -0.2) is 40.1 Å². The highest BCUT2D eigenvalue weighted by atomic mass is 32.2.